The maximum atomic E-state index is 5.33. The fourth-order valence-electron chi connectivity index (χ4n) is 2.25. The van der Waals surface area contributed by atoms with Crippen LogP contribution in [-0.4, -0.2) is 22.5 Å². The highest BCUT2D eigenvalue weighted by atomic mass is 32.1. The number of likely N-dealkylation sites (tertiary alicyclic amines) is 1. The lowest BCUT2D eigenvalue weighted by Crippen LogP contribution is -2.40. The van der Waals surface area contributed by atoms with Gasteiger partial charge in [0.1, 0.15) is 0 Å². The smallest absolute Gasteiger partial charge is 0.197 e. The molecule has 5 heteroatoms. The van der Waals surface area contributed by atoms with Gasteiger partial charge in [-0.15, -0.1) is 0 Å². The van der Waals surface area contributed by atoms with E-state index in [1.54, 1.807) is 11.3 Å². The molecule has 0 saturated carbocycles. The molecule has 16 heavy (non-hydrogen) atoms. The molecule has 0 bridgehead atoms. The first kappa shape index (κ1) is 11.8. The highest BCUT2D eigenvalue weighted by Crippen LogP contribution is 2.25. The number of hydrogen-bond donors (Lipinski definition) is 2. The molecule has 0 aromatic carbocycles. The minimum atomic E-state index is 0.688. The quantitative estimate of drug-likeness (QED) is 0.627. The monoisotopic (exact) mass is 240 g/mol. The summed E-state index contributed by atoms with van der Waals surface area (Å²) in [6.07, 6.45) is 4.59. The second kappa shape index (κ2) is 5.12. The van der Waals surface area contributed by atoms with E-state index in [2.05, 4.69) is 29.2 Å². The summed E-state index contributed by atoms with van der Waals surface area (Å²) in [6, 6.07) is 0.688. The van der Waals surface area contributed by atoms with Gasteiger partial charge in [0.05, 0.1) is 0 Å². The van der Waals surface area contributed by atoms with Crippen molar-refractivity contribution >= 4 is 16.5 Å². The summed E-state index contributed by atoms with van der Waals surface area (Å²) in [7, 11) is 0. The molecule has 3 N–H and O–H groups in total. The number of hydrogen-bond acceptors (Lipinski definition) is 5. The van der Waals surface area contributed by atoms with E-state index in [9.17, 15) is 0 Å². The maximum absolute atomic E-state index is 5.33. The summed E-state index contributed by atoms with van der Waals surface area (Å²) in [5.74, 6) is 6.15. The van der Waals surface area contributed by atoms with Gasteiger partial charge in [-0.3, -0.25) is 10.3 Å². The van der Waals surface area contributed by atoms with Crippen LogP contribution in [0.5, 0.6) is 0 Å². The molecule has 2 heterocycles. The standard InChI is InChI=1S/C11H20N4S/c1-8-3-4-9(2)15(6-8)7-10-5-13-11(14-12)16-10/h5,8-9H,3-4,6-7,12H2,1-2H3,(H,13,14). The van der Waals surface area contributed by atoms with E-state index in [-0.39, 0.29) is 0 Å². The van der Waals surface area contributed by atoms with Gasteiger partial charge in [0.25, 0.3) is 0 Å². The third-order valence-electron chi connectivity index (χ3n) is 3.28. The summed E-state index contributed by atoms with van der Waals surface area (Å²) >= 11 is 1.64. The molecule has 0 spiro atoms. The van der Waals surface area contributed by atoms with Crippen molar-refractivity contribution < 1.29 is 0 Å². The Morgan fingerprint density at radius 2 is 2.38 bits per heavy atom. The van der Waals surface area contributed by atoms with E-state index in [0.717, 1.165) is 17.6 Å². The first-order chi connectivity index (χ1) is 7.69. The van der Waals surface area contributed by atoms with Crippen molar-refractivity contribution in [2.24, 2.45) is 11.8 Å². The highest BCUT2D eigenvalue weighted by molar-refractivity contribution is 7.15. The van der Waals surface area contributed by atoms with Gasteiger partial charge in [-0.1, -0.05) is 18.3 Å². The Morgan fingerprint density at radius 1 is 1.56 bits per heavy atom. The van der Waals surface area contributed by atoms with Crippen LogP contribution in [0.2, 0.25) is 0 Å². The van der Waals surface area contributed by atoms with Gasteiger partial charge >= 0.3 is 0 Å². The van der Waals surface area contributed by atoms with Crippen LogP contribution in [0, 0.1) is 5.92 Å². The summed E-state index contributed by atoms with van der Waals surface area (Å²) < 4.78 is 0. The van der Waals surface area contributed by atoms with Gasteiger partial charge in [0, 0.05) is 30.2 Å². The molecule has 4 nitrogen and oxygen atoms in total. The van der Waals surface area contributed by atoms with Crippen molar-refractivity contribution in [1.82, 2.24) is 9.88 Å². The number of nitrogens with zero attached hydrogens (tertiary/aromatic N) is 2. The number of rotatable bonds is 3. The molecule has 1 aliphatic rings. The first-order valence-electron chi connectivity index (χ1n) is 5.84. The van der Waals surface area contributed by atoms with E-state index in [1.165, 1.54) is 24.3 Å². The Balaban J connectivity index is 1.97. The Morgan fingerprint density at radius 3 is 3.06 bits per heavy atom. The Kier molecular flexibility index (Phi) is 3.78. The lowest BCUT2D eigenvalue weighted by molar-refractivity contribution is 0.118. The van der Waals surface area contributed by atoms with Gasteiger partial charge in [0.2, 0.25) is 0 Å². The van der Waals surface area contributed by atoms with Crippen LogP contribution in [-0.2, 0) is 6.54 Å². The topological polar surface area (TPSA) is 54.2 Å². The van der Waals surface area contributed by atoms with Crippen LogP contribution in [0.15, 0.2) is 6.20 Å². The van der Waals surface area contributed by atoms with Crippen molar-refractivity contribution in [3.8, 4) is 0 Å². The maximum Gasteiger partial charge on any atom is 0.197 e. The molecule has 2 unspecified atom stereocenters. The largest absolute Gasteiger partial charge is 0.300 e. The number of aromatic nitrogens is 1. The van der Waals surface area contributed by atoms with Crippen molar-refractivity contribution in [2.75, 3.05) is 12.0 Å². The molecule has 1 aliphatic heterocycles. The van der Waals surface area contributed by atoms with Crippen LogP contribution in [0.25, 0.3) is 0 Å². The van der Waals surface area contributed by atoms with Crippen LogP contribution in [0.1, 0.15) is 31.6 Å². The minimum absolute atomic E-state index is 0.688. The predicted octanol–water partition coefficient (Wildman–Crippen LogP) is 2.05. The van der Waals surface area contributed by atoms with Gasteiger partial charge in [-0.05, 0) is 25.7 Å². The Bertz CT molecular complexity index is 338. The number of nitrogens with one attached hydrogen (secondary N) is 1. The summed E-state index contributed by atoms with van der Waals surface area (Å²) in [4.78, 5) is 8.03. The SMILES string of the molecule is CC1CCC(C)N(Cc2cnc(NN)s2)C1. The van der Waals surface area contributed by atoms with E-state index in [1.807, 2.05) is 6.20 Å². The molecule has 2 rings (SSSR count). The molecule has 0 aliphatic carbocycles. The lowest BCUT2D eigenvalue weighted by Gasteiger charge is -2.36. The molecule has 0 radical (unpaired) electrons. The van der Waals surface area contributed by atoms with Crippen molar-refractivity contribution in [1.29, 1.82) is 0 Å². The molecule has 1 saturated heterocycles. The minimum Gasteiger partial charge on any atom is -0.300 e. The van der Waals surface area contributed by atoms with E-state index < -0.39 is 0 Å². The van der Waals surface area contributed by atoms with Crippen molar-refractivity contribution in [3.05, 3.63) is 11.1 Å². The van der Waals surface area contributed by atoms with Crippen molar-refractivity contribution in [3.63, 3.8) is 0 Å². The predicted molar refractivity (Wildman–Crippen MR) is 68.2 cm³/mol. The van der Waals surface area contributed by atoms with Crippen LogP contribution in [0.3, 0.4) is 0 Å². The number of nitrogen functional groups attached to an aromatic ring is 1. The van der Waals surface area contributed by atoms with Gasteiger partial charge in [-0.25, -0.2) is 10.8 Å². The number of hydrazine groups is 1. The molecular weight excluding hydrogens is 220 g/mol. The van der Waals surface area contributed by atoms with E-state index in [0.29, 0.717) is 6.04 Å². The number of piperidine rings is 1. The van der Waals surface area contributed by atoms with Gasteiger partial charge in [-0.2, -0.15) is 0 Å². The average molecular weight is 240 g/mol. The second-order valence-corrected chi connectivity index (χ2v) is 5.85. The summed E-state index contributed by atoms with van der Waals surface area (Å²) in [6.45, 7) is 6.85. The molecular formula is C11H20N4S. The summed E-state index contributed by atoms with van der Waals surface area (Å²) in [5, 5.41) is 0.799. The van der Waals surface area contributed by atoms with Gasteiger partial charge < -0.3 is 0 Å². The molecule has 1 aromatic heterocycles. The Labute approximate surface area is 101 Å². The van der Waals surface area contributed by atoms with Crippen LogP contribution >= 0.6 is 11.3 Å². The van der Waals surface area contributed by atoms with Crippen LogP contribution < -0.4 is 11.3 Å². The van der Waals surface area contributed by atoms with E-state index in [4.69, 9.17) is 5.84 Å². The Hall–Kier alpha value is -0.650. The third-order valence-corrected chi connectivity index (χ3v) is 4.20. The zero-order valence-corrected chi connectivity index (χ0v) is 10.8. The van der Waals surface area contributed by atoms with Crippen LogP contribution in [0.4, 0.5) is 5.13 Å². The zero-order valence-electron chi connectivity index (χ0n) is 9.94. The van der Waals surface area contributed by atoms with E-state index >= 15 is 0 Å². The highest BCUT2D eigenvalue weighted by Gasteiger charge is 2.23. The third kappa shape index (κ3) is 2.72. The molecule has 1 fully saturated rings. The normalized spacial score (nSPS) is 26.9. The van der Waals surface area contributed by atoms with Gasteiger partial charge in [0.15, 0.2) is 5.13 Å². The van der Waals surface area contributed by atoms with Crippen molar-refractivity contribution in [2.45, 2.75) is 39.3 Å². The number of nitrogens with two attached hydrogens (primary N) is 1. The zero-order chi connectivity index (χ0) is 11.5. The number of thiazole rings is 1. The molecule has 1 aromatic rings. The lowest BCUT2D eigenvalue weighted by atomic mass is 9.95. The fraction of sp³-hybridized carbons (Fsp3) is 0.727. The molecule has 90 valence electrons. The molecule has 0 amide bonds. The second-order valence-electron chi connectivity index (χ2n) is 4.74. The average Bonchev–Trinajstić information content (AvgIpc) is 2.71. The number of anilines is 1. The molecule has 2 atom stereocenters. The summed E-state index contributed by atoms with van der Waals surface area (Å²) in [5.41, 5.74) is 2.59. The fourth-order valence-corrected chi connectivity index (χ4v) is 3.00. The first-order valence-corrected chi connectivity index (χ1v) is 6.66.